The van der Waals surface area contributed by atoms with Crippen LogP contribution in [0.25, 0.3) is 21.9 Å². The molecule has 1 aliphatic rings. The molecule has 0 N–H and O–H groups in total. The van der Waals surface area contributed by atoms with E-state index in [4.69, 9.17) is 0 Å². The van der Waals surface area contributed by atoms with Gasteiger partial charge in [0.05, 0.1) is 0 Å². The fraction of sp³-hybridized carbons (Fsp3) is 0.139. The number of allylic oxidation sites excluding steroid dienone is 4. The van der Waals surface area contributed by atoms with E-state index in [2.05, 4.69) is 161 Å². The van der Waals surface area contributed by atoms with E-state index < -0.39 is 5.43 Å². The van der Waals surface area contributed by atoms with Crippen LogP contribution in [0.4, 0.5) is 0 Å². The molecule has 0 spiro atoms. The van der Waals surface area contributed by atoms with Gasteiger partial charge in [-0.25, -0.2) is 5.57 Å². The number of fused-ring (bicyclic) bond motifs is 1. The molecular weight excluding hydrogens is 623 g/mol. The van der Waals surface area contributed by atoms with Crippen LogP contribution in [0.15, 0.2) is 144 Å². The summed E-state index contributed by atoms with van der Waals surface area (Å²) in [5.74, 6) is 0.560. The molecule has 5 aromatic carbocycles. The fourth-order valence-electron chi connectivity index (χ4n) is 4.56. The minimum atomic E-state index is -0.455. The zero-order valence-corrected chi connectivity index (χ0v) is 28.4. The SMILES string of the molecule is CC1=[C-]C(C)C(C)=C1C.[Cl-].[Cl-].[Zr+2]=[Si](c1ccccc1)c1ccccc1.c1ccc(-c2c[cH-]c3ccccc23)cc1. The van der Waals surface area contributed by atoms with Gasteiger partial charge in [-0.2, -0.15) is 11.1 Å². The summed E-state index contributed by atoms with van der Waals surface area (Å²) >= 11 is 1.64. The minimum Gasteiger partial charge on any atom is -0.150 e. The van der Waals surface area contributed by atoms with Crippen molar-refractivity contribution in [3.63, 3.8) is 0 Å². The van der Waals surface area contributed by atoms with Crippen molar-refractivity contribution < 1.29 is 48.1 Å². The van der Waals surface area contributed by atoms with E-state index in [1.165, 1.54) is 49.0 Å². The molecule has 0 nitrogen and oxygen atoms in total. The average Bonchev–Trinajstić information content (AvgIpc) is 3.51. The first-order chi connectivity index (χ1) is 18.5. The molecule has 0 aromatic heterocycles. The number of halogens is 2. The van der Waals surface area contributed by atoms with Gasteiger partial charge in [0.25, 0.3) is 0 Å². The second kappa shape index (κ2) is 16.8. The Morgan fingerprint density at radius 1 is 0.675 bits per heavy atom. The van der Waals surface area contributed by atoms with E-state index in [1.54, 1.807) is 23.3 Å². The van der Waals surface area contributed by atoms with E-state index in [1.807, 2.05) is 0 Å². The summed E-state index contributed by atoms with van der Waals surface area (Å²) in [6.07, 6.45) is 3.36. The van der Waals surface area contributed by atoms with Crippen molar-refractivity contribution in [3.8, 4) is 11.1 Å². The van der Waals surface area contributed by atoms with Crippen LogP contribution in [-0.2, 0) is 23.3 Å². The van der Waals surface area contributed by atoms with Crippen molar-refractivity contribution in [2.24, 2.45) is 5.92 Å². The van der Waals surface area contributed by atoms with Gasteiger partial charge in [0.1, 0.15) is 0 Å². The van der Waals surface area contributed by atoms with Crippen molar-refractivity contribution >= 4 is 26.6 Å². The topological polar surface area (TPSA) is 0 Å². The third-order valence-corrected chi connectivity index (χ3v) is 13.2. The van der Waals surface area contributed by atoms with Crippen LogP contribution in [0.5, 0.6) is 0 Å². The van der Waals surface area contributed by atoms with Crippen LogP contribution >= 0.6 is 0 Å². The Kier molecular flexibility index (Phi) is 14.2. The zero-order chi connectivity index (χ0) is 26.9. The summed E-state index contributed by atoms with van der Waals surface area (Å²) in [5.41, 5.74) is 6.41. The summed E-state index contributed by atoms with van der Waals surface area (Å²) in [6, 6.07) is 45.1. The molecule has 1 atom stereocenters. The van der Waals surface area contributed by atoms with E-state index >= 15 is 0 Å². The molecule has 1 unspecified atom stereocenters. The van der Waals surface area contributed by atoms with Crippen molar-refractivity contribution in [1.82, 2.24) is 0 Å². The van der Waals surface area contributed by atoms with E-state index in [-0.39, 0.29) is 24.8 Å². The van der Waals surface area contributed by atoms with Crippen molar-refractivity contribution in [2.75, 3.05) is 0 Å². The normalized spacial score (nSPS) is 13.6. The maximum atomic E-state index is 3.36. The molecule has 0 heterocycles. The quantitative estimate of drug-likeness (QED) is 0.207. The first-order valence-electron chi connectivity index (χ1n) is 13.1. The van der Waals surface area contributed by atoms with Crippen molar-refractivity contribution in [2.45, 2.75) is 27.7 Å². The monoisotopic (exact) mass is 654 g/mol. The van der Waals surface area contributed by atoms with Gasteiger partial charge in [-0.15, -0.1) is 53.6 Å². The van der Waals surface area contributed by atoms with Crippen LogP contribution in [0.1, 0.15) is 27.7 Å². The van der Waals surface area contributed by atoms with E-state index in [0.29, 0.717) is 5.92 Å². The van der Waals surface area contributed by atoms with Gasteiger partial charge in [-0.1, -0.05) is 68.7 Å². The fourth-order valence-corrected chi connectivity index (χ4v) is 8.40. The summed E-state index contributed by atoms with van der Waals surface area (Å²) in [4.78, 5) is 0. The molecule has 4 heteroatoms. The maximum absolute atomic E-state index is 3.36. The molecule has 0 radical (unpaired) electrons. The van der Waals surface area contributed by atoms with Gasteiger partial charge < -0.3 is 24.8 Å². The van der Waals surface area contributed by atoms with Gasteiger partial charge >= 0.3 is 99.8 Å². The van der Waals surface area contributed by atoms with Crippen LogP contribution < -0.4 is 35.2 Å². The molecule has 0 aliphatic heterocycles. The number of hydrogen-bond donors (Lipinski definition) is 0. The van der Waals surface area contributed by atoms with Gasteiger partial charge in [0.15, 0.2) is 0 Å². The Morgan fingerprint density at radius 3 is 1.60 bits per heavy atom. The summed E-state index contributed by atoms with van der Waals surface area (Å²) in [6.45, 7) is 8.67. The predicted octanol–water partition coefficient (Wildman–Crippen LogP) is 2.29. The summed E-state index contributed by atoms with van der Waals surface area (Å²) in [5, 5.41) is 5.68. The van der Waals surface area contributed by atoms with Crippen LogP contribution in [0.3, 0.4) is 0 Å². The van der Waals surface area contributed by atoms with E-state index in [0.717, 1.165) is 0 Å². The van der Waals surface area contributed by atoms with Gasteiger partial charge in [0.2, 0.25) is 0 Å². The smallest absolute Gasteiger partial charge is 0.0623 e. The number of benzene rings is 4. The van der Waals surface area contributed by atoms with Crippen LogP contribution in [0.2, 0.25) is 0 Å². The molecule has 202 valence electrons. The number of rotatable bonds is 3. The largest absolute Gasteiger partial charge is 0.150 e. The molecule has 0 saturated heterocycles. The van der Waals surface area contributed by atoms with Crippen molar-refractivity contribution in [1.29, 1.82) is 0 Å². The second-order valence-corrected chi connectivity index (χ2v) is 15.2. The second-order valence-electron chi connectivity index (χ2n) is 9.61. The molecule has 1 aliphatic carbocycles. The predicted molar refractivity (Wildman–Crippen MR) is 163 cm³/mol. The van der Waals surface area contributed by atoms with Crippen LogP contribution in [0, 0.1) is 12.0 Å². The van der Waals surface area contributed by atoms with Crippen LogP contribution in [-0.4, -0.2) is 5.43 Å². The molecular formula is C36H34Cl2SiZr-2. The molecule has 5 aromatic rings. The summed E-state index contributed by atoms with van der Waals surface area (Å²) < 4.78 is 0. The Bertz CT molecular complexity index is 1510. The third-order valence-electron chi connectivity index (χ3n) is 7.13. The van der Waals surface area contributed by atoms with Gasteiger partial charge in [0, 0.05) is 0 Å². The molecule has 0 fully saturated rings. The first-order valence-corrected chi connectivity index (χ1v) is 18.3. The third kappa shape index (κ3) is 8.82. The standard InChI is InChI=1S/C15H11.C12H10Si.C9H13.2ClH.Zr/c1-2-6-12(7-3-1)15-11-10-13-8-4-5-9-14(13)15;1-3-7-11(8-4-1)13-12-9-5-2-6-10-12;1-6-5-7(2)9(4)8(6)3;;;/h1-11H;1-10H;6H,1-4H3;2*1H;/q-1;;-1;;;+2/p-2. The first kappa shape index (κ1) is 33.9. The zero-order valence-electron chi connectivity index (χ0n) is 23.5. The van der Waals surface area contributed by atoms with Crippen molar-refractivity contribution in [3.05, 3.63) is 150 Å². The average molecular weight is 657 g/mol. The van der Waals surface area contributed by atoms with Gasteiger partial charge in [-0.05, 0) is 0 Å². The van der Waals surface area contributed by atoms with E-state index in [9.17, 15) is 0 Å². The maximum Gasteiger partial charge on any atom is -0.0623 e. The minimum absolute atomic E-state index is 0. The molecule has 0 saturated carbocycles. The molecule has 0 bridgehead atoms. The number of hydrogen-bond acceptors (Lipinski definition) is 0. The molecule has 6 rings (SSSR count). The Morgan fingerprint density at radius 2 is 1.15 bits per heavy atom. The Balaban J connectivity index is 0.000000211. The molecule has 0 amide bonds. The summed E-state index contributed by atoms with van der Waals surface area (Å²) in [7, 11) is 0. The molecule has 40 heavy (non-hydrogen) atoms. The van der Waals surface area contributed by atoms with Gasteiger partial charge in [-0.3, -0.25) is 6.08 Å². The Labute approximate surface area is 267 Å². The Hall–Kier alpha value is -2.35.